The number of hydrogen-bond acceptors (Lipinski definition) is 7. The van der Waals surface area contributed by atoms with Gasteiger partial charge in [-0.3, -0.25) is 4.98 Å². The van der Waals surface area contributed by atoms with Gasteiger partial charge in [0.05, 0.1) is 23.7 Å². The van der Waals surface area contributed by atoms with Crippen LogP contribution in [0.2, 0.25) is 0 Å². The maximum atomic E-state index is 9.97. The third-order valence-corrected chi connectivity index (χ3v) is 4.47. The van der Waals surface area contributed by atoms with E-state index >= 15 is 0 Å². The van der Waals surface area contributed by atoms with Gasteiger partial charge in [-0.05, 0) is 17.7 Å². The Balaban J connectivity index is 1.63. The molecule has 1 N–H and O–H groups in total. The van der Waals surface area contributed by atoms with E-state index in [1.807, 2.05) is 43.3 Å². The van der Waals surface area contributed by atoms with Crippen molar-refractivity contribution in [3.05, 3.63) is 73.1 Å². The molecule has 4 rings (SSSR count). The molecule has 0 atom stereocenters. The van der Waals surface area contributed by atoms with Crippen molar-refractivity contribution >= 4 is 5.70 Å². The fourth-order valence-electron chi connectivity index (χ4n) is 2.79. The van der Waals surface area contributed by atoms with Crippen LogP contribution in [0.1, 0.15) is 5.56 Å². The molecule has 0 aliphatic carbocycles. The molecule has 0 saturated heterocycles. The van der Waals surface area contributed by atoms with E-state index in [0.29, 0.717) is 17.0 Å². The molecule has 0 spiro atoms. The fourth-order valence-corrected chi connectivity index (χ4v) is 2.79. The lowest BCUT2D eigenvalue weighted by Gasteiger charge is -2.15. The van der Waals surface area contributed by atoms with Gasteiger partial charge in [0.2, 0.25) is 0 Å². The third kappa shape index (κ3) is 3.70. The lowest BCUT2D eigenvalue weighted by atomic mass is 10.1. The molecule has 2 heterocycles. The number of phenolic OH excluding ortho intramolecular Hbond substituents is 1. The number of aromatic hydroxyl groups is 1. The highest BCUT2D eigenvalue weighted by Crippen LogP contribution is 2.30. The van der Waals surface area contributed by atoms with Gasteiger partial charge in [-0.2, -0.15) is 0 Å². The number of rotatable bonds is 5. The summed E-state index contributed by atoms with van der Waals surface area (Å²) in [6.45, 7) is 4.07. The summed E-state index contributed by atoms with van der Waals surface area (Å²) in [4.78, 5) is 10.8. The molecule has 0 amide bonds. The van der Waals surface area contributed by atoms with E-state index in [2.05, 4.69) is 26.7 Å². The first-order valence-electron chi connectivity index (χ1n) is 8.94. The molecule has 7 nitrogen and oxygen atoms in total. The highest BCUT2D eigenvalue weighted by Gasteiger charge is 2.15. The van der Waals surface area contributed by atoms with E-state index in [9.17, 15) is 5.11 Å². The monoisotopic (exact) mass is 385 g/mol. The van der Waals surface area contributed by atoms with Gasteiger partial charge in [0.15, 0.2) is 0 Å². The number of aromatic nitrogens is 4. The molecule has 29 heavy (non-hydrogen) atoms. The van der Waals surface area contributed by atoms with Crippen molar-refractivity contribution in [2.75, 3.05) is 14.1 Å². The Morgan fingerprint density at radius 2 is 1.62 bits per heavy atom. The average Bonchev–Trinajstić information content (AvgIpc) is 3.24. The van der Waals surface area contributed by atoms with Crippen molar-refractivity contribution in [3.63, 3.8) is 0 Å². The van der Waals surface area contributed by atoms with Gasteiger partial charge < -0.3 is 14.4 Å². The number of nitrogens with zero attached hydrogens (tertiary/aromatic N) is 5. The van der Waals surface area contributed by atoms with Gasteiger partial charge in [0, 0.05) is 25.4 Å². The summed E-state index contributed by atoms with van der Waals surface area (Å²) in [5.41, 5.74) is 4.48. The zero-order valence-electron chi connectivity index (χ0n) is 16.1. The molecule has 2 aromatic heterocycles. The molecule has 0 bridgehead atoms. The van der Waals surface area contributed by atoms with Crippen LogP contribution in [-0.2, 0) is 0 Å². The molecule has 0 unspecified atom stereocenters. The first kappa shape index (κ1) is 18.4. The second-order valence-corrected chi connectivity index (χ2v) is 6.64. The van der Waals surface area contributed by atoms with E-state index < -0.39 is 0 Å². The maximum Gasteiger partial charge on any atom is 0.268 e. The summed E-state index contributed by atoms with van der Waals surface area (Å²) >= 11 is 0. The zero-order chi connectivity index (χ0) is 20.4. The topological polar surface area (TPSA) is 88.2 Å². The lowest BCUT2D eigenvalue weighted by molar-refractivity contribution is 0.473. The van der Waals surface area contributed by atoms with E-state index in [1.54, 1.807) is 36.7 Å². The Labute approximate surface area is 168 Å². The van der Waals surface area contributed by atoms with Crippen molar-refractivity contribution in [2.45, 2.75) is 0 Å². The van der Waals surface area contributed by atoms with E-state index in [0.717, 1.165) is 16.8 Å². The fraction of sp³-hybridized carbons (Fsp3) is 0.0909. The summed E-state index contributed by atoms with van der Waals surface area (Å²) in [7, 11) is 3.91. The van der Waals surface area contributed by atoms with Crippen LogP contribution in [0.3, 0.4) is 0 Å². The molecular weight excluding hydrogens is 366 g/mol. The van der Waals surface area contributed by atoms with Gasteiger partial charge >= 0.3 is 0 Å². The molecule has 7 heteroatoms. The van der Waals surface area contributed by atoms with Gasteiger partial charge in [-0.25, -0.2) is 4.98 Å². The maximum absolute atomic E-state index is 9.97. The van der Waals surface area contributed by atoms with Gasteiger partial charge in [0.1, 0.15) is 11.4 Å². The second kappa shape index (κ2) is 7.55. The lowest BCUT2D eigenvalue weighted by Crippen LogP contribution is -2.08. The number of benzene rings is 2. The Bertz CT molecular complexity index is 1170. The minimum absolute atomic E-state index is 0.0712. The van der Waals surface area contributed by atoms with Crippen LogP contribution in [0, 0.1) is 0 Å². The van der Waals surface area contributed by atoms with E-state index in [1.165, 1.54) is 0 Å². The summed E-state index contributed by atoms with van der Waals surface area (Å²) in [5, 5.41) is 18.0. The van der Waals surface area contributed by atoms with Crippen molar-refractivity contribution < 1.29 is 9.52 Å². The standard InChI is InChI=1S/C22H19N5O2/c1-14(27(2)3)15-8-10-16(11-9-15)18-12-23-13-19(24-18)22-26-25-21(29-22)17-6-4-5-7-20(17)28/h4-13,28H,1H2,2-3H3. The van der Waals surface area contributed by atoms with Crippen LogP contribution in [0.4, 0.5) is 0 Å². The van der Waals surface area contributed by atoms with Crippen molar-refractivity contribution in [1.82, 2.24) is 25.1 Å². The first-order chi connectivity index (χ1) is 14.0. The predicted molar refractivity (Wildman–Crippen MR) is 111 cm³/mol. The van der Waals surface area contributed by atoms with E-state index in [4.69, 9.17) is 4.42 Å². The van der Waals surface area contributed by atoms with Gasteiger partial charge in [-0.1, -0.05) is 43.0 Å². The summed E-state index contributed by atoms with van der Waals surface area (Å²) in [5.74, 6) is 0.522. The number of hydrogen-bond donors (Lipinski definition) is 1. The molecule has 0 aliphatic rings. The van der Waals surface area contributed by atoms with Gasteiger partial charge in [0.25, 0.3) is 11.8 Å². The zero-order valence-corrected chi connectivity index (χ0v) is 16.1. The third-order valence-electron chi connectivity index (χ3n) is 4.47. The van der Waals surface area contributed by atoms with Gasteiger partial charge in [-0.15, -0.1) is 10.2 Å². The summed E-state index contributed by atoms with van der Waals surface area (Å²) < 4.78 is 5.70. The molecule has 0 fully saturated rings. The highest BCUT2D eigenvalue weighted by molar-refractivity contribution is 5.68. The molecule has 144 valence electrons. The Kier molecular flexibility index (Phi) is 4.78. The van der Waals surface area contributed by atoms with Crippen molar-refractivity contribution in [3.8, 4) is 40.0 Å². The second-order valence-electron chi connectivity index (χ2n) is 6.64. The van der Waals surface area contributed by atoms with E-state index in [-0.39, 0.29) is 17.5 Å². The average molecular weight is 385 g/mol. The SMILES string of the molecule is C=C(c1ccc(-c2cncc(-c3nnc(-c4ccccc4O)o3)n2)cc1)N(C)C. The predicted octanol–water partition coefficient (Wildman–Crippen LogP) is 4.10. The number of para-hydroxylation sites is 1. The Hall–Kier alpha value is -4.00. The Morgan fingerprint density at radius 3 is 2.34 bits per heavy atom. The normalized spacial score (nSPS) is 10.7. The van der Waals surface area contributed by atoms with Crippen molar-refractivity contribution in [1.29, 1.82) is 0 Å². The van der Waals surface area contributed by atoms with Crippen LogP contribution in [0.5, 0.6) is 5.75 Å². The highest BCUT2D eigenvalue weighted by atomic mass is 16.4. The first-order valence-corrected chi connectivity index (χ1v) is 8.94. The molecule has 2 aromatic carbocycles. The minimum Gasteiger partial charge on any atom is -0.507 e. The molecule has 0 aliphatic heterocycles. The quantitative estimate of drug-likeness (QED) is 0.553. The molecule has 0 saturated carbocycles. The summed E-state index contributed by atoms with van der Waals surface area (Å²) in [6.07, 6.45) is 3.24. The van der Waals surface area contributed by atoms with Crippen LogP contribution in [0.25, 0.3) is 40.0 Å². The molecule has 0 radical (unpaired) electrons. The van der Waals surface area contributed by atoms with Crippen LogP contribution in [-0.4, -0.2) is 44.3 Å². The smallest absolute Gasteiger partial charge is 0.268 e. The van der Waals surface area contributed by atoms with Crippen molar-refractivity contribution in [2.24, 2.45) is 0 Å². The minimum atomic E-state index is 0.0712. The van der Waals surface area contributed by atoms with Crippen LogP contribution < -0.4 is 0 Å². The molecular formula is C22H19N5O2. The molecule has 4 aromatic rings. The largest absolute Gasteiger partial charge is 0.507 e. The Morgan fingerprint density at radius 1 is 0.931 bits per heavy atom. The number of phenols is 1. The van der Waals surface area contributed by atoms with Crippen LogP contribution >= 0.6 is 0 Å². The summed E-state index contributed by atoms with van der Waals surface area (Å²) in [6, 6.07) is 14.7. The van der Waals surface area contributed by atoms with Crippen LogP contribution in [0.15, 0.2) is 71.9 Å².